The van der Waals surface area contributed by atoms with Crippen LogP contribution in [0.1, 0.15) is 15.9 Å². The number of nitrogens with one attached hydrogen (secondary N) is 1. The standard InChI is InChI=1S/C13H10F2N2O2/c14-11-2-1-8(3-12(11)15)5-17-13(19)9-4-10(18)7-16-6-9/h1-4,6-7,18H,5H2,(H,17,19). The zero-order valence-corrected chi connectivity index (χ0v) is 9.73. The van der Waals surface area contributed by atoms with Crippen molar-refractivity contribution >= 4 is 5.91 Å². The van der Waals surface area contributed by atoms with Crippen molar-refractivity contribution in [1.29, 1.82) is 0 Å². The van der Waals surface area contributed by atoms with E-state index in [9.17, 15) is 18.7 Å². The van der Waals surface area contributed by atoms with E-state index in [2.05, 4.69) is 10.3 Å². The molecular formula is C13H10F2N2O2. The van der Waals surface area contributed by atoms with Crippen LogP contribution in [0.3, 0.4) is 0 Å². The molecule has 0 atom stereocenters. The largest absolute Gasteiger partial charge is 0.506 e. The van der Waals surface area contributed by atoms with Crippen LogP contribution in [-0.2, 0) is 6.54 Å². The number of hydrogen-bond acceptors (Lipinski definition) is 3. The Morgan fingerprint density at radius 2 is 2.00 bits per heavy atom. The maximum absolute atomic E-state index is 12.9. The first-order chi connectivity index (χ1) is 9.06. The number of aromatic hydroxyl groups is 1. The Labute approximate surface area is 107 Å². The first kappa shape index (κ1) is 12.9. The van der Waals surface area contributed by atoms with Gasteiger partial charge < -0.3 is 10.4 Å². The van der Waals surface area contributed by atoms with Crippen LogP contribution >= 0.6 is 0 Å². The Bertz CT molecular complexity index is 617. The molecule has 1 amide bonds. The van der Waals surface area contributed by atoms with E-state index in [1.165, 1.54) is 24.5 Å². The SMILES string of the molecule is O=C(NCc1ccc(F)c(F)c1)c1cncc(O)c1. The molecule has 1 aromatic carbocycles. The molecule has 1 aromatic heterocycles. The second-order valence-electron chi connectivity index (χ2n) is 3.86. The van der Waals surface area contributed by atoms with Crippen molar-refractivity contribution in [3.8, 4) is 5.75 Å². The molecule has 0 aliphatic carbocycles. The first-order valence-electron chi connectivity index (χ1n) is 5.42. The molecule has 19 heavy (non-hydrogen) atoms. The third-order valence-corrected chi connectivity index (χ3v) is 2.42. The summed E-state index contributed by atoms with van der Waals surface area (Å²) in [5.74, 6) is -2.49. The van der Waals surface area contributed by atoms with Gasteiger partial charge >= 0.3 is 0 Å². The van der Waals surface area contributed by atoms with Crippen LogP contribution in [0, 0.1) is 11.6 Å². The predicted molar refractivity (Wildman–Crippen MR) is 63.4 cm³/mol. The van der Waals surface area contributed by atoms with Crippen molar-refractivity contribution in [2.75, 3.05) is 0 Å². The van der Waals surface area contributed by atoms with Crippen molar-refractivity contribution in [2.45, 2.75) is 6.54 Å². The van der Waals surface area contributed by atoms with Gasteiger partial charge in [0, 0.05) is 12.7 Å². The Balaban J connectivity index is 2.02. The summed E-state index contributed by atoms with van der Waals surface area (Å²) in [6.45, 7) is 0.0473. The number of carbonyl (C=O) groups is 1. The minimum atomic E-state index is -0.967. The third kappa shape index (κ3) is 3.25. The number of hydrogen-bond donors (Lipinski definition) is 2. The minimum absolute atomic E-state index is 0.0473. The van der Waals surface area contributed by atoms with Crippen LogP contribution in [0.5, 0.6) is 5.75 Å². The van der Waals surface area contributed by atoms with Gasteiger partial charge in [0.15, 0.2) is 11.6 Å². The molecule has 2 rings (SSSR count). The van der Waals surface area contributed by atoms with E-state index in [0.29, 0.717) is 5.56 Å². The molecule has 0 saturated carbocycles. The van der Waals surface area contributed by atoms with E-state index in [4.69, 9.17) is 0 Å². The fourth-order valence-electron chi connectivity index (χ4n) is 1.49. The number of halogens is 2. The monoisotopic (exact) mass is 264 g/mol. The van der Waals surface area contributed by atoms with Gasteiger partial charge in [0.05, 0.1) is 11.8 Å². The lowest BCUT2D eigenvalue weighted by Gasteiger charge is -2.05. The maximum Gasteiger partial charge on any atom is 0.253 e. The number of nitrogens with zero attached hydrogens (tertiary/aromatic N) is 1. The summed E-state index contributed by atoms with van der Waals surface area (Å²) in [7, 11) is 0. The van der Waals surface area contributed by atoms with Crippen LogP contribution < -0.4 is 5.32 Å². The zero-order valence-electron chi connectivity index (χ0n) is 9.73. The highest BCUT2D eigenvalue weighted by molar-refractivity contribution is 5.94. The number of benzene rings is 1. The van der Waals surface area contributed by atoms with E-state index in [0.717, 1.165) is 12.1 Å². The molecule has 0 bridgehead atoms. The molecular weight excluding hydrogens is 254 g/mol. The first-order valence-corrected chi connectivity index (χ1v) is 5.42. The third-order valence-electron chi connectivity index (χ3n) is 2.42. The fourth-order valence-corrected chi connectivity index (χ4v) is 1.49. The van der Waals surface area contributed by atoms with Crippen LogP contribution in [0.15, 0.2) is 36.7 Å². The summed E-state index contributed by atoms with van der Waals surface area (Å²) in [5, 5.41) is 11.7. The molecule has 2 aromatic rings. The van der Waals surface area contributed by atoms with Gasteiger partial charge in [0.2, 0.25) is 0 Å². The molecule has 0 spiro atoms. The lowest BCUT2D eigenvalue weighted by molar-refractivity contribution is 0.0950. The summed E-state index contributed by atoms with van der Waals surface area (Å²) in [5.41, 5.74) is 0.614. The summed E-state index contributed by atoms with van der Waals surface area (Å²) < 4.78 is 25.7. The van der Waals surface area contributed by atoms with Crippen molar-refractivity contribution in [3.63, 3.8) is 0 Å². The average Bonchev–Trinajstić information content (AvgIpc) is 2.40. The molecule has 2 N–H and O–H groups in total. The van der Waals surface area contributed by atoms with Gasteiger partial charge in [0.1, 0.15) is 5.75 Å². The van der Waals surface area contributed by atoms with Crippen molar-refractivity contribution in [2.24, 2.45) is 0 Å². The molecule has 4 nitrogen and oxygen atoms in total. The summed E-state index contributed by atoms with van der Waals surface area (Å²) in [4.78, 5) is 15.4. The van der Waals surface area contributed by atoms with E-state index < -0.39 is 17.5 Å². The van der Waals surface area contributed by atoms with Crippen molar-refractivity contribution in [1.82, 2.24) is 10.3 Å². The molecule has 0 radical (unpaired) electrons. The Kier molecular flexibility index (Phi) is 3.70. The van der Waals surface area contributed by atoms with Crippen LogP contribution in [0.25, 0.3) is 0 Å². The number of carbonyl (C=O) groups excluding carboxylic acids is 1. The van der Waals surface area contributed by atoms with Gasteiger partial charge in [-0.2, -0.15) is 0 Å². The molecule has 6 heteroatoms. The quantitative estimate of drug-likeness (QED) is 0.891. The van der Waals surface area contributed by atoms with Gasteiger partial charge in [-0.25, -0.2) is 8.78 Å². The van der Waals surface area contributed by atoms with Crippen molar-refractivity contribution in [3.05, 3.63) is 59.4 Å². The molecule has 1 heterocycles. The normalized spacial score (nSPS) is 10.2. The molecule has 98 valence electrons. The van der Waals surface area contributed by atoms with Gasteiger partial charge in [-0.3, -0.25) is 9.78 Å². The van der Waals surface area contributed by atoms with Gasteiger partial charge in [-0.05, 0) is 23.8 Å². The lowest BCUT2D eigenvalue weighted by atomic mass is 10.2. The average molecular weight is 264 g/mol. The van der Waals surface area contributed by atoms with Crippen LogP contribution in [0.2, 0.25) is 0 Å². The highest BCUT2D eigenvalue weighted by Gasteiger charge is 2.08. The van der Waals surface area contributed by atoms with E-state index in [1.54, 1.807) is 0 Å². The maximum atomic E-state index is 12.9. The number of amides is 1. The number of aromatic nitrogens is 1. The highest BCUT2D eigenvalue weighted by atomic mass is 19.2. The topological polar surface area (TPSA) is 62.2 Å². The van der Waals surface area contributed by atoms with E-state index in [1.807, 2.05) is 0 Å². The molecule has 0 aliphatic heterocycles. The smallest absolute Gasteiger partial charge is 0.253 e. The second kappa shape index (κ2) is 5.43. The highest BCUT2D eigenvalue weighted by Crippen LogP contribution is 2.10. The Hall–Kier alpha value is -2.50. The van der Waals surface area contributed by atoms with Crippen LogP contribution in [-0.4, -0.2) is 16.0 Å². The number of rotatable bonds is 3. The van der Waals surface area contributed by atoms with E-state index >= 15 is 0 Å². The summed E-state index contributed by atoms with van der Waals surface area (Å²) >= 11 is 0. The zero-order chi connectivity index (χ0) is 13.8. The molecule has 0 unspecified atom stereocenters. The molecule has 0 aliphatic rings. The van der Waals surface area contributed by atoms with Crippen LogP contribution in [0.4, 0.5) is 8.78 Å². The summed E-state index contributed by atoms with van der Waals surface area (Å²) in [6, 6.07) is 4.63. The molecule has 0 saturated heterocycles. The second-order valence-corrected chi connectivity index (χ2v) is 3.86. The van der Waals surface area contributed by atoms with Crippen molar-refractivity contribution < 1.29 is 18.7 Å². The van der Waals surface area contributed by atoms with Gasteiger partial charge in [-0.15, -0.1) is 0 Å². The predicted octanol–water partition coefficient (Wildman–Crippen LogP) is 2.00. The fraction of sp³-hybridized carbons (Fsp3) is 0.0769. The summed E-state index contributed by atoms with van der Waals surface area (Å²) in [6.07, 6.45) is 2.49. The minimum Gasteiger partial charge on any atom is -0.506 e. The van der Waals surface area contributed by atoms with Gasteiger partial charge in [-0.1, -0.05) is 6.07 Å². The Morgan fingerprint density at radius 3 is 2.68 bits per heavy atom. The lowest BCUT2D eigenvalue weighted by Crippen LogP contribution is -2.22. The van der Waals surface area contributed by atoms with Gasteiger partial charge in [0.25, 0.3) is 5.91 Å². The molecule has 0 fully saturated rings. The number of pyridine rings is 1. The van der Waals surface area contributed by atoms with E-state index in [-0.39, 0.29) is 17.9 Å². The Morgan fingerprint density at radius 1 is 1.21 bits per heavy atom.